The largest absolute Gasteiger partial charge is 0.481 e. The van der Waals surface area contributed by atoms with E-state index in [1.165, 1.54) is 0 Å². The molecule has 102 valence electrons. The van der Waals surface area contributed by atoms with Gasteiger partial charge in [0, 0.05) is 17.7 Å². The third-order valence-electron chi connectivity index (χ3n) is 3.35. The highest BCUT2D eigenvalue weighted by Crippen LogP contribution is 2.29. The summed E-state index contributed by atoms with van der Waals surface area (Å²) in [5.74, 6) is -0.839. The number of aryl methyl sites for hydroxylation is 1. The fourth-order valence-corrected chi connectivity index (χ4v) is 2.38. The highest BCUT2D eigenvalue weighted by Gasteiger charge is 2.19. The van der Waals surface area contributed by atoms with E-state index in [4.69, 9.17) is 5.11 Å². The van der Waals surface area contributed by atoms with E-state index < -0.39 is 5.97 Å². The molecule has 0 saturated heterocycles. The number of carbonyl (C=O) groups is 2. The molecule has 1 aliphatic heterocycles. The molecule has 6 nitrogen and oxygen atoms in total. The first-order valence-corrected chi connectivity index (χ1v) is 6.30. The lowest BCUT2D eigenvalue weighted by atomic mass is 10.0. The maximum absolute atomic E-state index is 11.3. The van der Waals surface area contributed by atoms with Gasteiger partial charge < -0.3 is 10.4 Å². The van der Waals surface area contributed by atoms with Crippen molar-refractivity contribution in [3.8, 4) is 11.3 Å². The van der Waals surface area contributed by atoms with Crippen LogP contribution >= 0.6 is 0 Å². The first-order chi connectivity index (χ1) is 9.63. The zero-order valence-electron chi connectivity index (χ0n) is 10.6. The fourth-order valence-electron chi connectivity index (χ4n) is 2.38. The monoisotopic (exact) mass is 271 g/mol. The third kappa shape index (κ3) is 2.27. The maximum atomic E-state index is 11.3. The molecule has 1 amide bonds. The van der Waals surface area contributed by atoms with Crippen molar-refractivity contribution in [3.63, 3.8) is 0 Å². The Balaban J connectivity index is 1.90. The van der Waals surface area contributed by atoms with Gasteiger partial charge in [-0.1, -0.05) is 6.07 Å². The van der Waals surface area contributed by atoms with Crippen molar-refractivity contribution in [1.82, 2.24) is 10.2 Å². The van der Waals surface area contributed by atoms with Crippen LogP contribution in [0, 0.1) is 0 Å². The van der Waals surface area contributed by atoms with E-state index >= 15 is 0 Å². The second-order valence-electron chi connectivity index (χ2n) is 4.76. The number of nitrogens with zero attached hydrogens (tertiary/aromatic N) is 1. The molecule has 0 bridgehead atoms. The van der Waals surface area contributed by atoms with Gasteiger partial charge in [0.05, 0.1) is 18.3 Å². The molecule has 3 N–H and O–H groups in total. The number of carboxylic acids is 1. The van der Waals surface area contributed by atoms with Crippen LogP contribution in [-0.2, 0) is 22.4 Å². The Hall–Kier alpha value is -2.63. The number of nitrogens with one attached hydrogen (secondary N) is 2. The Morgan fingerprint density at radius 3 is 3.05 bits per heavy atom. The minimum Gasteiger partial charge on any atom is -0.481 e. The molecule has 6 heteroatoms. The first kappa shape index (κ1) is 12.4. The predicted molar refractivity (Wildman–Crippen MR) is 72.3 cm³/mol. The minimum atomic E-state index is -0.832. The van der Waals surface area contributed by atoms with Gasteiger partial charge in [0.15, 0.2) is 0 Å². The summed E-state index contributed by atoms with van der Waals surface area (Å²) >= 11 is 0. The lowest BCUT2D eigenvalue weighted by Gasteiger charge is -2.05. The number of H-pyrrole nitrogens is 1. The Morgan fingerprint density at radius 2 is 2.25 bits per heavy atom. The number of aromatic nitrogens is 2. The molecule has 0 fully saturated rings. The molecule has 0 spiro atoms. The molecule has 0 unspecified atom stereocenters. The number of hydrogen-bond donors (Lipinski definition) is 3. The fraction of sp³-hybridized carbons (Fsp3) is 0.214. The normalized spacial score (nSPS) is 13.1. The molecular weight excluding hydrogens is 258 g/mol. The van der Waals surface area contributed by atoms with Crippen LogP contribution in [-0.4, -0.2) is 27.2 Å². The minimum absolute atomic E-state index is 0.00661. The second-order valence-corrected chi connectivity index (χ2v) is 4.76. The molecular formula is C14H13N3O3. The summed E-state index contributed by atoms with van der Waals surface area (Å²) in [7, 11) is 0. The van der Waals surface area contributed by atoms with Gasteiger partial charge in [0.2, 0.25) is 5.91 Å². The van der Waals surface area contributed by atoms with Crippen LogP contribution < -0.4 is 5.32 Å². The van der Waals surface area contributed by atoms with Crippen LogP contribution in [0.1, 0.15) is 17.5 Å². The van der Waals surface area contributed by atoms with E-state index in [1.807, 2.05) is 18.2 Å². The van der Waals surface area contributed by atoms with Gasteiger partial charge in [-0.3, -0.25) is 14.7 Å². The molecule has 20 heavy (non-hydrogen) atoms. The molecule has 1 aromatic carbocycles. The van der Waals surface area contributed by atoms with E-state index in [-0.39, 0.29) is 12.3 Å². The van der Waals surface area contributed by atoms with E-state index in [9.17, 15) is 9.59 Å². The number of rotatable bonds is 4. The Bertz CT molecular complexity index is 691. The number of amides is 1. The van der Waals surface area contributed by atoms with Gasteiger partial charge >= 0.3 is 5.97 Å². The number of carbonyl (C=O) groups excluding carboxylic acids is 1. The van der Waals surface area contributed by atoms with Crippen molar-refractivity contribution in [1.29, 1.82) is 0 Å². The Morgan fingerprint density at radius 1 is 1.40 bits per heavy atom. The topological polar surface area (TPSA) is 95.1 Å². The molecule has 1 aromatic heterocycles. The van der Waals surface area contributed by atoms with E-state index in [1.54, 1.807) is 6.20 Å². The molecule has 1 aliphatic rings. The zero-order valence-corrected chi connectivity index (χ0v) is 10.6. The third-order valence-corrected chi connectivity index (χ3v) is 3.35. The first-order valence-electron chi connectivity index (χ1n) is 6.30. The number of anilines is 1. The van der Waals surface area contributed by atoms with E-state index in [2.05, 4.69) is 15.5 Å². The quantitative estimate of drug-likeness (QED) is 0.787. The van der Waals surface area contributed by atoms with Crippen LogP contribution in [0.15, 0.2) is 24.4 Å². The molecule has 0 aliphatic carbocycles. The summed E-state index contributed by atoms with van der Waals surface area (Å²) in [4.78, 5) is 22.0. The number of aliphatic carboxylic acids is 1. The number of carboxylic acid groups (broad SMARTS) is 1. The summed E-state index contributed by atoms with van der Waals surface area (Å²) < 4.78 is 0. The molecule has 2 aromatic rings. The number of aromatic amines is 1. The van der Waals surface area contributed by atoms with Crippen molar-refractivity contribution >= 4 is 17.6 Å². The highest BCUT2D eigenvalue weighted by molar-refractivity contribution is 5.99. The summed E-state index contributed by atoms with van der Waals surface area (Å²) in [6.45, 7) is 0. The van der Waals surface area contributed by atoms with E-state index in [0.29, 0.717) is 12.8 Å². The molecule has 0 radical (unpaired) electrons. The highest BCUT2D eigenvalue weighted by atomic mass is 16.4. The van der Waals surface area contributed by atoms with Gasteiger partial charge in [-0.2, -0.15) is 5.10 Å². The van der Waals surface area contributed by atoms with Crippen LogP contribution in [0.2, 0.25) is 0 Å². The van der Waals surface area contributed by atoms with Crippen molar-refractivity contribution < 1.29 is 14.7 Å². The van der Waals surface area contributed by atoms with E-state index in [0.717, 1.165) is 28.1 Å². The summed E-state index contributed by atoms with van der Waals surface area (Å²) in [6.07, 6.45) is 2.52. The molecule has 0 atom stereocenters. The lowest BCUT2D eigenvalue weighted by molar-refractivity contribution is -0.137. The predicted octanol–water partition coefficient (Wildman–Crippen LogP) is 1.59. The second kappa shape index (κ2) is 4.80. The van der Waals surface area contributed by atoms with Gasteiger partial charge in [-0.25, -0.2) is 0 Å². The molecule has 3 rings (SSSR count). The summed E-state index contributed by atoms with van der Waals surface area (Å²) in [6, 6.07) is 5.69. The van der Waals surface area contributed by atoms with Crippen LogP contribution in [0.3, 0.4) is 0 Å². The molecule has 2 heterocycles. The smallest absolute Gasteiger partial charge is 0.303 e. The van der Waals surface area contributed by atoms with Crippen LogP contribution in [0.25, 0.3) is 11.3 Å². The zero-order chi connectivity index (χ0) is 14.1. The standard InChI is InChI=1S/C14H13N3O3/c18-12-6-10-5-8(1-3-11(10)16-12)14-9(7-15-17-14)2-4-13(19)20/h1,3,5,7H,2,4,6H2,(H,15,17)(H,16,18)(H,19,20). The number of hydrogen-bond acceptors (Lipinski definition) is 3. The van der Waals surface area contributed by atoms with Crippen molar-refractivity contribution in [2.24, 2.45) is 0 Å². The average molecular weight is 271 g/mol. The van der Waals surface area contributed by atoms with Gasteiger partial charge in [0.1, 0.15) is 0 Å². The van der Waals surface area contributed by atoms with Gasteiger partial charge in [0.25, 0.3) is 0 Å². The maximum Gasteiger partial charge on any atom is 0.303 e. The van der Waals surface area contributed by atoms with Crippen LogP contribution in [0.5, 0.6) is 0 Å². The summed E-state index contributed by atoms with van der Waals surface area (Å²) in [5.41, 5.74) is 4.38. The number of benzene rings is 1. The van der Waals surface area contributed by atoms with Crippen LogP contribution in [0.4, 0.5) is 5.69 Å². The molecule has 0 saturated carbocycles. The SMILES string of the molecule is O=C(O)CCc1cn[nH]c1-c1ccc2c(c1)CC(=O)N2. The van der Waals surface area contributed by atoms with Crippen molar-refractivity contribution in [2.75, 3.05) is 5.32 Å². The van der Waals surface area contributed by atoms with Crippen molar-refractivity contribution in [2.45, 2.75) is 19.3 Å². The summed E-state index contributed by atoms with van der Waals surface area (Å²) in [5, 5.41) is 18.4. The van der Waals surface area contributed by atoms with Gasteiger partial charge in [-0.05, 0) is 29.7 Å². The number of fused-ring (bicyclic) bond motifs is 1. The Labute approximate surface area is 114 Å². The van der Waals surface area contributed by atoms with Crippen molar-refractivity contribution in [3.05, 3.63) is 35.5 Å². The lowest BCUT2D eigenvalue weighted by Crippen LogP contribution is -2.03. The Kier molecular flexibility index (Phi) is 2.98. The van der Waals surface area contributed by atoms with Gasteiger partial charge in [-0.15, -0.1) is 0 Å². The average Bonchev–Trinajstić information content (AvgIpc) is 2.99.